The third kappa shape index (κ3) is 6.86. The summed E-state index contributed by atoms with van der Waals surface area (Å²) in [6, 6.07) is 13.5. The topological polar surface area (TPSA) is 87.7 Å². The molecule has 1 unspecified atom stereocenters. The van der Waals surface area contributed by atoms with Crippen molar-refractivity contribution in [3.63, 3.8) is 0 Å². The summed E-state index contributed by atoms with van der Waals surface area (Å²) < 4.78 is 4.74. The van der Waals surface area contributed by atoms with Gasteiger partial charge in [0, 0.05) is 17.3 Å². The number of benzene rings is 2. The van der Waals surface area contributed by atoms with Gasteiger partial charge in [-0.15, -0.1) is 0 Å². The third-order valence-electron chi connectivity index (χ3n) is 4.50. The highest BCUT2D eigenvalue weighted by atomic mass is 35.5. The number of methoxy groups -OCH3 is 1. The Morgan fingerprint density at radius 1 is 1.07 bits per heavy atom. The molecule has 0 saturated heterocycles. The highest BCUT2D eigenvalue weighted by molar-refractivity contribution is 6.30. The molecule has 160 valence electrons. The van der Waals surface area contributed by atoms with Crippen LogP contribution in [0.4, 0.5) is 11.4 Å². The van der Waals surface area contributed by atoms with Gasteiger partial charge in [0.15, 0.2) is 0 Å². The quantitative estimate of drug-likeness (QED) is 0.591. The first-order valence-electron chi connectivity index (χ1n) is 9.60. The molecule has 2 N–H and O–H groups in total. The number of carbonyl (C=O) groups is 3. The highest BCUT2D eigenvalue weighted by Gasteiger charge is 2.19. The van der Waals surface area contributed by atoms with E-state index in [4.69, 9.17) is 16.3 Å². The fourth-order valence-corrected chi connectivity index (χ4v) is 3.01. The Labute approximate surface area is 181 Å². The van der Waals surface area contributed by atoms with Crippen LogP contribution >= 0.6 is 11.6 Å². The van der Waals surface area contributed by atoms with Crippen molar-refractivity contribution >= 4 is 40.8 Å². The lowest BCUT2D eigenvalue weighted by molar-refractivity contribution is -0.145. The number of halogens is 1. The van der Waals surface area contributed by atoms with Crippen molar-refractivity contribution in [3.05, 3.63) is 59.1 Å². The number of carbonyl (C=O) groups excluding carboxylic acids is 3. The van der Waals surface area contributed by atoms with E-state index in [1.807, 2.05) is 11.8 Å². The number of hydrogen-bond donors (Lipinski definition) is 2. The summed E-state index contributed by atoms with van der Waals surface area (Å²) >= 11 is 5.87. The summed E-state index contributed by atoms with van der Waals surface area (Å²) in [5, 5.41) is 6.15. The van der Waals surface area contributed by atoms with Crippen LogP contribution in [0.1, 0.15) is 24.2 Å². The molecule has 0 radical (unpaired) electrons. The van der Waals surface area contributed by atoms with Gasteiger partial charge >= 0.3 is 5.97 Å². The highest BCUT2D eigenvalue weighted by Crippen LogP contribution is 2.19. The van der Waals surface area contributed by atoms with Crippen LogP contribution in [-0.4, -0.2) is 49.4 Å². The number of rotatable bonds is 9. The van der Waals surface area contributed by atoms with Crippen LogP contribution < -0.4 is 10.6 Å². The molecule has 0 aliphatic heterocycles. The molecule has 30 heavy (non-hydrogen) atoms. The van der Waals surface area contributed by atoms with Crippen LogP contribution in [0.3, 0.4) is 0 Å². The van der Waals surface area contributed by atoms with E-state index in [2.05, 4.69) is 10.6 Å². The summed E-state index contributed by atoms with van der Waals surface area (Å²) in [6.45, 7) is 4.74. The molecule has 0 saturated carbocycles. The molecule has 0 heterocycles. The van der Waals surface area contributed by atoms with E-state index in [-0.39, 0.29) is 30.2 Å². The molecular weight excluding hydrogens is 406 g/mol. The van der Waals surface area contributed by atoms with Gasteiger partial charge in [0.1, 0.15) is 0 Å². The van der Waals surface area contributed by atoms with E-state index in [1.165, 1.54) is 7.11 Å². The minimum atomic E-state index is -0.347. The van der Waals surface area contributed by atoms with E-state index in [9.17, 15) is 14.4 Å². The van der Waals surface area contributed by atoms with Gasteiger partial charge < -0.3 is 15.4 Å². The van der Waals surface area contributed by atoms with Crippen LogP contribution in [0, 0.1) is 5.92 Å². The summed E-state index contributed by atoms with van der Waals surface area (Å²) in [5.74, 6) is -1.29. The van der Waals surface area contributed by atoms with Crippen LogP contribution in [0.15, 0.2) is 48.5 Å². The Bertz CT molecular complexity index is 886. The van der Waals surface area contributed by atoms with E-state index >= 15 is 0 Å². The predicted molar refractivity (Wildman–Crippen MR) is 118 cm³/mol. The summed E-state index contributed by atoms with van der Waals surface area (Å²) in [6.07, 6.45) is 0. The predicted octanol–water partition coefficient (Wildman–Crippen LogP) is 3.66. The summed E-state index contributed by atoms with van der Waals surface area (Å²) in [7, 11) is 1.34. The first kappa shape index (κ1) is 23.4. The Balaban J connectivity index is 2.04. The molecule has 0 aliphatic carbocycles. The van der Waals surface area contributed by atoms with Crippen LogP contribution in [0.5, 0.6) is 0 Å². The van der Waals surface area contributed by atoms with E-state index in [0.29, 0.717) is 35.1 Å². The number of anilines is 2. The van der Waals surface area contributed by atoms with Gasteiger partial charge in [0.25, 0.3) is 5.91 Å². The van der Waals surface area contributed by atoms with Gasteiger partial charge in [0.05, 0.1) is 30.8 Å². The Kier molecular flexibility index (Phi) is 8.83. The minimum Gasteiger partial charge on any atom is -0.469 e. The lowest BCUT2D eigenvalue weighted by atomic mass is 10.1. The van der Waals surface area contributed by atoms with Crippen molar-refractivity contribution in [2.24, 2.45) is 5.92 Å². The molecule has 2 amide bonds. The molecule has 0 aliphatic rings. The minimum absolute atomic E-state index is 0.0883. The molecule has 0 fully saturated rings. The molecule has 0 aromatic heterocycles. The van der Waals surface area contributed by atoms with Crippen LogP contribution in [-0.2, 0) is 14.3 Å². The number of hydrogen-bond acceptors (Lipinski definition) is 5. The van der Waals surface area contributed by atoms with Gasteiger partial charge in [0.2, 0.25) is 5.91 Å². The van der Waals surface area contributed by atoms with Crippen molar-refractivity contribution < 1.29 is 19.1 Å². The molecule has 1 atom stereocenters. The Morgan fingerprint density at radius 2 is 1.73 bits per heavy atom. The second kappa shape index (κ2) is 11.3. The molecule has 2 rings (SSSR count). The molecule has 2 aromatic carbocycles. The van der Waals surface area contributed by atoms with Crippen molar-refractivity contribution in [3.8, 4) is 0 Å². The van der Waals surface area contributed by atoms with Gasteiger partial charge in [-0.2, -0.15) is 0 Å². The maximum absolute atomic E-state index is 12.7. The smallest absolute Gasteiger partial charge is 0.309 e. The zero-order valence-corrected chi connectivity index (χ0v) is 18.0. The summed E-state index contributed by atoms with van der Waals surface area (Å²) in [4.78, 5) is 38.7. The summed E-state index contributed by atoms with van der Waals surface area (Å²) in [5.41, 5.74) is 1.34. The van der Waals surface area contributed by atoms with Gasteiger partial charge in [-0.1, -0.05) is 37.6 Å². The van der Waals surface area contributed by atoms with E-state index < -0.39 is 0 Å². The zero-order valence-electron chi connectivity index (χ0n) is 17.3. The standard InChI is InChI=1S/C22H26ClN3O4/c1-4-26(13-15(2)22(29)30-3)14-20(27)25-19-8-6-5-7-18(19)21(28)24-17-11-9-16(23)10-12-17/h5-12,15H,4,13-14H2,1-3H3,(H,24,28)(H,25,27). The fourth-order valence-electron chi connectivity index (χ4n) is 2.88. The van der Waals surface area contributed by atoms with Gasteiger partial charge in [-0.25, -0.2) is 0 Å². The van der Waals surface area contributed by atoms with E-state index in [1.54, 1.807) is 55.5 Å². The Hall–Kier alpha value is -2.90. The number of likely N-dealkylation sites (N-methyl/N-ethyl adjacent to an activating group) is 1. The number of ether oxygens (including phenoxy) is 1. The van der Waals surface area contributed by atoms with Crippen molar-refractivity contribution in [2.45, 2.75) is 13.8 Å². The number of para-hydroxylation sites is 1. The average Bonchev–Trinajstić information content (AvgIpc) is 2.74. The molecule has 8 heteroatoms. The Morgan fingerprint density at radius 3 is 2.37 bits per heavy atom. The average molecular weight is 432 g/mol. The molecule has 0 bridgehead atoms. The van der Waals surface area contributed by atoms with Crippen LogP contribution in [0.25, 0.3) is 0 Å². The normalized spacial score (nSPS) is 11.6. The number of nitrogens with one attached hydrogen (secondary N) is 2. The number of amides is 2. The van der Waals surface area contributed by atoms with E-state index in [0.717, 1.165) is 0 Å². The first-order chi connectivity index (χ1) is 14.3. The second-order valence-corrected chi connectivity index (χ2v) is 7.24. The van der Waals surface area contributed by atoms with Gasteiger partial charge in [-0.3, -0.25) is 19.3 Å². The molecule has 7 nitrogen and oxygen atoms in total. The molecular formula is C22H26ClN3O4. The SMILES string of the molecule is CCN(CC(=O)Nc1ccccc1C(=O)Nc1ccc(Cl)cc1)CC(C)C(=O)OC. The van der Waals surface area contributed by atoms with Crippen molar-refractivity contribution in [1.82, 2.24) is 4.90 Å². The monoisotopic (exact) mass is 431 g/mol. The molecule has 0 spiro atoms. The largest absolute Gasteiger partial charge is 0.469 e. The third-order valence-corrected chi connectivity index (χ3v) is 4.75. The number of nitrogens with zero attached hydrogens (tertiary/aromatic N) is 1. The maximum Gasteiger partial charge on any atom is 0.309 e. The number of esters is 1. The fraction of sp³-hybridized carbons (Fsp3) is 0.318. The van der Waals surface area contributed by atoms with Gasteiger partial charge in [-0.05, 0) is 42.9 Å². The van der Waals surface area contributed by atoms with Crippen LogP contribution in [0.2, 0.25) is 5.02 Å². The second-order valence-electron chi connectivity index (χ2n) is 6.81. The first-order valence-corrected chi connectivity index (χ1v) is 9.97. The lowest BCUT2D eigenvalue weighted by Gasteiger charge is -2.22. The van der Waals surface area contributed by atoms with Crippen molar-refractivity contribution in [1.29, 1.82) is 0 Å². The molecule has 2 aromatic rings. The maximum atomic E-state index is 12.7. The van der Waals surface area contributed by atoms with Crippen molar-refractivity contribution in [2.75, 3.05) is 37.4 Å². The zero-order chi connectivity index (χ0) is 22.1. The lowest BCUT2D eigenvalue weighted by Crippen LogP contribution is -2.38.